The van der Waals surface area contributed by atoms with Gasteiger partial charge in [-0.15, -0.1) is 10.2 Å². The van der Waals surface area contributed by atoms with Gasteiger partial charge < -0.3 is 5.32 Å². The Balaban J connectivity index is 1.63. The lowest BCUT2D eigenvalue weighted by molar-refractivity contribution is -0.120. The second-order valence-electron chi connectivity index (χ2n) is 7.33. The zero-order valence-electron chi connectivity index (χ0n) is 16.1. The third-order valence-corrected chi connectivity index (χ3v) is 6.35. The van der Waals surface area contributed by atoms with Gasteiger partial charge in [0.1, 0.15) is 11.1 Å². The number of hydrogen-bond acceptors (Lipinski definition) is 5. The van der Waals surface area contributed by atoms with Gasteiger partial charge in [0.25, 0.3) is 5.56 Å². The predicted molar refractivity (Wildman–Crippen MR) is 112 cm³/mol. The molecule has 2 heterocycles. The zero-order chi connectivity index (χ0) is 20.8. The fraction of sp³-hybridized carbons (Fsp3) is 0.238. The molecule has 4 aromatic rings. The van der Waals surface area contributed by atoms with E-state index in [2.05, 4.69) is 15.5 Å². The lowest BCUT2D eigenvalue weighted by Crippen LogP contribution is -2.30. The van der Waals surface area contributed by atoms with Crippen molar-refractivity contribution in [3.63, 3.8) is 0 Å². The number of nitrogens with zero attached hydrogens (tertiary/aromatic N) is 4. The maximum absolute atomic E-state index is 13.4. The van der Waals surface area contributed by atoms with Gasteiger partial charge in [-0.25, -0.2) is 4.39 Å². The van der Waals surface area contributed by atoms with Crippen LogP contribution in [0.15, 0.2) is 58.5 Å². The van der Waals surface area contributed by atoms with Crippen molar-refractivity contribution in [3.8, 4) is 0 Å². The third kappa shape index (κ3) is 3.24. The van der Waals surface area contributed by atoms with Crippen LogP contribution in [-0.2, 0) is 11.8 Å². The molecule has 0 aliphatic heterocycles. The number of thioether (sulfide) groups is 1. The first kappa shape index (κ1) is 18.8. The number of para-hydroxylation sites is 1. The highest BCUT2D eigenvalue weighted by Gasteiger charge is 2.30. The van der Waals surface area contributed by atoms with Crippen molar-refractivity contribution < 1.29 is 9.18 Å². The smallest absolute Gasteiger partial charge is 0.262 e. The second-order valence-corrected chi connectivity index (χ2v) is 8.40. The molecule has 5 rings (SSSR count). The summed E-state index contributed by atoms with van der Waals surface area (Å²) in [5.74, 6) is -0.124. The first-order valence-corrected chi connectivity index (χ1v) is 10.5. The van der Waals surface area contributed by atoms with E-state index in [0.29, 0.717) is 27.4 Å². The molecule has 1 N–H and O–H groups in total. The maximum Gasteiger partial charge on any atom is 0.262 e. The Morgan fingerprint density at radius 1 is 1.17 bits per heavy atom. The molecular weight excluding hydrogens is 405 g/mol. The quantitative estimate of drug-likeness (QED) is 0.499. The second kappa shape index (κ2) is 7.24. The van der Waals surface area contributed by atoms with Crippen LogP contribution in [-0.4, -0.2) is 31.1 Å². The number of halogens is 1. The molecule has 2 aromatic heterocycles. The number of aromatic nitrogens is 4. The molecule has 1 aliphatic carbocycles. The van der Waals surface area contributed by atoms with Crippen molar-refractivity contribution in [2.75, 3.05) is 0 Å². The Hall–Kier alpha value is -3.20. The summed E-state index contributed by atoms with van der Waals surface area (Å²) in [5.41, 5.74) is 1.18. The number of benzene rings is 2. The Kier molecular flexibility index (Phi) is 4.54. The van der Waals surface area contributed by atoms with Gasteiger partial charge in [0.05, 0.1) is 10.9 Å². The lowest BCUT2D eigenvalue weighted by atomic mass is 10.1. The highest BCUT2D eigenvalue weighted by atomic mass is 32.2. The van der Waals surface area contributed by atoms with E-state index >= 15 is 0 Å². The first-order valence-electron chi connectivity index (χ1n) is 9.58. The topological polar surface area (TPSA) is 81.3 Å². The highest BCUT2D eigenvalue weighted by molar-refractivity contribution is 8.00. The molecule has 0 bridgehead atoms. The van der Waals surface area contributed by atoms with Gasteiger partial charge in [0.15, 0.2) is 5.16 Å². The fourth-order valence-electron chi connectivity index (χ4n) is 3.41. The third-order valence-electron chi connectivity index (χ3n) is 5.15. The van der Waals surface area contributed by atoms with Gasteiger partial charge in [-0.05, 0) is 42.7 Å². The van der Waals surface area contributed by atoms with Crippen LogP contribution in [0.5, 0.6) is 0 Å². The predicted octanol–water partition coefficient (Wildman–Crippen LogP) is 2.83. The van der Waals surface area contributed by atoms with Crippen LogP contribution in [0.1, 0.15) is 23.7 Å². The van der Waals surface area contributed by atoms with Crippen molar-refractivity contribution in [2.24, 2.45) is 7.05 Å². The number of carbonyl (C=O) groups is 1. The number of rotatable bonds is 5. The Morgan fingerprint density at radius 3 is 2.63 bits per heavy atom. The van der Waals surface area contributed by atoms with Crippen LogP contribution < -0.4 is 10.9 Å². The molecule has 1 saturated carbocycles. The van der Waals surface area contributed by atoms with E-state index in [-0.39, 0.29) is 23.3 Å². The SMILES string of the molecule is Cn1c(=O)c2ccccc2n2c(SC(C(=O)NC3CC3)c3ccc(F)cc3)nnc12. The van der Waals surface area contributed by atoms with Crippen molar-refractivity contribution in [1.82, 2.24) is 24.5 Å². The summed E-state index contributed by atoms with van der Waals surface area (Å²) in [6.07, 6.45) is 1.93. The van der Waals surface area contributed by atoms with Gasteiger partial charge in [-0.2, -0.15) is 0 Å². The van der Waals surface area contributed by atoms with E-state index in [0.717, 1.165) is 12.8 Å². The molecule has 0 saturated heterocycles. The average molecular weight is 423 g/mol. The zero-order valence-corrected chi connectivity index (χ0v) is 16.9. The minimum atomic E-state index is -0.630. The number of hydrogen-bond donors (Lipinski definition) is 1. The van der Waals surface area contributed by atoms with Gasteiger partial charge in [-0.3, -0.25) is 18.6 Å². The molecule has 30 heavy (non-hydrogen) atoms. The van der Waals surface area contributed by atoms with E-state index in [9.17, 15) is 14.0 Å². The number of carbonyl (C=O) groups excluding carboxylic acids is 1. The van der Waals surface area contributed by atoms with Gasteiger partial charge in [0.2, 0.25) is 11.7 Å². The highest BCUT2D eigenvalue weighted by Crippen LogP contribution is 2.36. The van der Waals surface area contributed by atoms with Gasteiger partial charge in [0, 0.05) is 13.1 Å². The summed E-state index contributed by atoms with van der Waals surface area (Å²) in [7, 11) is 1.64. The lowest BCUT2D eigenvalue weighted by Gasteiger charge is -2.16. The summed E-state index contributed by atoms with van der Waals surface area (Å²) in [5, 5.41) is 11.9. The molecule has 152 valence electrons. The summed E-state index contributed by atoms with van der Waals surface area (Å²) in [4.78, 5) is 25.6. The van der Waals surface area contributed by atoms with Crippen molar-refractivity contribution >= 4 is 34.3 Å². The molecule has 2 aromatic carbocycles. The number of amides is 1. The fourth-order valence-corrected chi connectivity index (χ4v) is 4.46. The van der Waals surface area contributed by atoms with Crippen LogP contribution in [0.3, 0.4) is 0 Å². The first-order chi connectivity index (χ1) is 14.5. The molecule has 1 fully saturated rings. The van der Waals surface area contributed by atoms with E-state index in [1.54, 1.807) is 35.7 Å². The number of fused-ring (bicyclic) bond motifs is 3. The van der Waals surface area contributed by atoms with Gasteiger partial charge >= 0.3 is 0 Å². The molecule has 7 nitrogen and oxygen atoms in total. The number of aryl methyl sites for hydroxylation is 1. The van der Waals surface area contributed by atoms with E-state index < -0.39 is 5.25 Å². The monoisotopic (exact) mass is 423 g/mol. The molecule has 0 spiro atoms. The Morgan fingerprint density at radius 2 is 1.90 bits per heavy atom. The molecule has 0 radical (unpaired) electrons. The summed E-state index contributed by atoms with van der Waals surface area (Å²) >= 11 is 1.23. The minimum absolute atomic E-state index is 0.153. The van der Waals surface area contributed by atoms with E-state index in [1.165, 1.54) is 28.5 Å². The summed E-state index contributed by atoms with van der Waals surface area (Å²) < 4.78 is 16.7. The average Bonchev–Trinajstić information content (AvgIpc) is 3.47. The summed E-state index contributed by atoms with van der Waals surface area (Å²) in [6, 6.07) is 13.3. The molecule has 9 heteroatoms. The van der Waals surface area contributed by atoms with Crippen molar-refractivity contribution in [1.29, 1.82) is 0 Å². The Bertz CT molecular complexity index is 1330. The standard InChI is InChI=1S/C21H18FN5O2S/c1-26-19(29)15-4-2-3-5-16(15)27-20(26)24-25-21(27)30-17(18(28)23-14-10-11-14)12-6-8-13(22)9-7-12/h2-9,14,17H,10-11H2,1H3,(H,23,28). The normalized spacial score (nSPS) is 14.9. The molecule has 1 atom stereocenters. The van der Waals surface area contributed by atoms with Gasteiger partial charge in [-0.1, -0.05) is 36.0 Å². The minimum Gasteiger partial charge on any atom is -0.352 e. The van der Waals surface area contributed by atoms with Crippen LogP contribution >= 0.6 is 11.8 Å². The molecule has 1 unspecified atom stereocenters. The van der Waals surface area contributed by atoms with E-state index in [4.69, 9.17) is 0 Å². The van der Waals surface area contributed by atoms with Crippen LogP contribution in [0.25, 0.3) is 16.7 Å². The Labute approximate surface area is 174 Å². The molecule has 1 aliphatic rings. The maximum atomic E-state index is 13.4. The van der Waals surface area contributed by atoms with E-state index in [1.807, 2.05) is 12.1 Å². The van der Waals surface area contributed by atoms with Crippen molar-refractivity contribution in [3.05, 3.63) is 70.3 Å². The molecular formula is C21H18FN5O2S. The van der Waals surface area contributed by atoms with Crippen LogP contribution in [0.2, 0.25) is 0 Å². The largest absolute Gasteiger partial charge is 0.352 e. The van der Waals surface area contributed by atoms with Crippen LogP contribution in [0.4, 0.5) is 4.39 Å². The van der Waals surface area contributed by atoms with Crippen molar-refractivity contribution in [2.45, 2.75) is 29.3 Å². The number of nitrogens with one attached hydrogen (secondary N) is 1. The van der Waals surface area contributed by atoms with Crippen LogP contribution in [0, 0.1) is 5.82 Å². The summed E-state index contributed by atoms with van der Waals surface area (Å²) in [6.45, 7) is 0. The molecule has 1 amide bonds.